The van der Waals surface area contributed by atoms with Crippen molar-refractivity contribution in [2.24, 2.45) is 0 Å². The van der Waals surface area contributed by atoms with E-state index in [0.717, 1.165) is 19.4 Å². The van der Waals surface area contributed by atoms with Crippen molar-refractivity contribution >= 4 is 6.29 Å². The van der Waals surface area contributed by atoms with Crippen molar-refractivity contribution < 1.29 is 9.53 Å². The van der Waals surface area contributed by atoms with E-state index >= 15 is 0 Å². The number of ether oxygens (including phenoxy) is 1. The SMILES string of the molecule is O=Cc1cn(C2CCCOC2)nn1. The van der Waals surface area contributed by atoms with Crippen molar-refractivity contribution in [1.29, 1.82) is 0 Å². The quantitative estimate of drug-likeness (QED) is 0.621. The molecule has 0 bridgehead atoms. The van der Waals surface area contributed by atoms with Gasteiger partial charge in [-0.25, -0.2) is 4.68 Å². The fourth-order valence-corrected chi connectivity index (χ4v) is 1.46. The lowest BCUT2D eigenvalue weighted by atomic mass is 10.1. The lowest BCUT2D eigenvalue weighted by Crippen LogP contribution is -2.21. The van der Waals surface area contributed by atoms with Gasteiger partial charge in [0.25, 0.3) is 0 Å². The van der Waals surface area contributed by atoms with Gasteiger partial charge in [0.15, 0.2) is 6.29 Å². The average Bonchev–Trinajstić information content (AvgIpc) is 2.67. The molecule has 0 saturated carbocycles. The predicted molar refractivity (Wildman–Crippen MR) is 44.5 cm³/mol. The number of nitrogens with zero attached hydrogens (tertiary/aromatic N) is 3. The summed E-state index contributed by atoms with van der Waals surface area (Å²) < 4.78 is 7.01. The number of hydrogen-bond acceptors (Lipinski definition) is 4. The first-order valence-corrected chi connectivity index (χ1v) is 4.35. The molecule has 1 fully saturated rings. The molecule has 0 spiro atoms. The third-order valence-electron chi connectivity index (χ3n) is 2.16. The Morgan fingerprint density at radius 3 is 3.23 bits per heavy atom. The van der Waals surface area contributed by atoms with Gasteiger partial charge < -0.3 is 4.74 Å². The van der Waals surface area contributed by atoms with Crippen LogP contribution in [0.5, 0.6) is 0 Å². The number of hydrogen-bond donors (Lipinski definition) is 0. The van der Waals surface area contributed by atoms with E-state index in [0.29, 0.717) is 18.6 Å². The van der Waals surface area contributed by atoms with Crippen molar-refractivity contribution in [3.05, 3.63) is 11.9 Å². The highest BCUT2D eigenvalue weighted by atomic mass is 16.5. The van der Waals surface area contributed by atoms with Crippen molar-refractivity contribution in [2.45, 2.75) is 18.9 Å². The summed E-state index contributed by atoms with van der Waals surface area (Å²) in [5.41, 5.74) is 0.380. The summed E-state index contributed by atoms with van der Waals surface area (Å²) in [5.74, 6) is 0. The van der Waals surface area contributed by atoms with Crippen molar-refractivity contribution in [3.63, 3.8) is 0 Å². The maximum atomic E-state index is 10.4. The molecule has 1 aromatic heterocycles. The van der Waals surface area contributed by atoms with Crippen LogP contribution in [-0.2, 0) is 4.74 Å². The number of carbonyl (C=O) groups excluding carboxylic acids is 1. The topological polar surface area (TPSA) is 57.0 Å². The van der Waals surface area contributed by atoms with Gasteiger partial charge in [0, 0.05) is 6.61 Å². The number of rotatable bonds is 2. The zero-order valence-electron chi connectivity index (χ0n) is 7.22. The van der Waals surface area contributed by atoms with E-state index in [1.807, 2.05) is 0 Å². The summed E-state index contributed by atoms with van der Waals surface area (Å²) in [5, 5.41) is 7.57. The van der Waals surface area contributed by atoms with Crippen LogP contribution in [0.4, 0.5) is 0 Å². The molecule has 1 atom stereocenters. The third kappa shape index (κ3) is 1.75. The smallest absolute Gasteiger partial charge is 0.171 e. The molecule has 13 heavy (non-hydrogen) atoms. The average molecular weight is 181 g/mol. The molecule has 1 saturated heterocycles. The van der Waals surface area contributed by atoms with Gasteiger partial charge in [-0.3, -0.25) is 4.79 Å². The Bertz CT molecular complexity index is 291. The van der Waals surface area contributed by atoms with Crippen LogP contribution in [0.1, 0.15) is 29.4 Å². The molecule has 2 heterocycles. The summed E-state index contributed by atoms with van der Waals surface area (Å²) in [4.78, 5) is 10.4. The minimum atomic E-state index is 0.245. The van der Waals surface area contributed by atoms with Crippen molar-refractivity contribution in [1.82, 2.24) is 15.0 Å². The summed E-state index contributed by atoms with van der Waals surface area (Å²) >= 11 is 0. The molecular formula is C8H11N3O2. The summed E-state index contributed by atoms with van der Waals surface area (Å²) in [6.45, 7) is 1.49. The van der Waals surface area contributed by atoms with E-state index in [1.165, 1.54) is 0 Å². The van der Waals surface area contributed by atoms with Gasteiger partial charge >= 0.3 is 0 Å². The van der Waals surface area contributed by atoms with Crippen LogP contribution in [0.2, 0.25) is 0 Å². The zero-order valence-corrected chi connectivity index (χ0v) is 7.22. The molecule has 0 amide bonds. The van der Waals surface area contributed by atoms with Gasteiger partial charge in [0.05, 0.1) is 18.8 Å². The molecular weight excluding hydrogens is 170 g/mol. The van der Waals surface area contributed by atoms with Gasteiger partial charge in [-0.15, -0.1) is 5.10 Å². The van der Waals surface area contributed by atoms with E-state index in [1.54, 1.807) is 10.9 Å². The molecule has 0 aromatic carbocycles. The minimum Gasteiger partial charge on any atom is -0.379 e. The summed E-state index contributed by atoms with van der Waals surface area (Å²) in [7, 11) is 0. The van der Waals surface area contributed by atoms with E-state index in [9.17, 15) is 4.79 Å². The minimum absolute atomic E-state index is 0.245. The van der Waals surface area contributed by atoms with Crippen LogP contribution < -0.4 is 0 Å². The Morgan fingerprint density at radius 2 is 2.62 bits per heavy atom. The molecule has 0 aliphatic carbocycles. The lowest BCUT2D eigenvalue weighted by Gasteiger charge is -2.21. The van der Waals surface area contributed by atoms with Gasteiger partial charge in [0.1, 0.15) is 5.69 Å². The van der Waals surface area contributed by atoms with Crippen molar-refractivity contribution in [2.75, 3.05) is 13.2 Å². The molecule has 0 N–H and O–H groups in total. The predicted octanol–water partition coefficient (Wildman–Crippen LogP) is 0.442. The van der Waals surface area contributed by atoms with E-state index < -0.39 is 0 Å². The Kier molecular flexibility index (Phi) is 2.35. The first-order chi connectivity index (χ1) is 6.40. The highest BCUT2D eigenvalue weighted by molar-refractivity contribution is 5.70. The maximum absolute atomic E-state index is 10.4. The van der Waals surface area contributed by atoms with E-state index in [2.05, 4.69) is 10.3 Å². The van der Waals surface area contributed by atoms with E-state index in [-0.39, 0.29) is 6.04 Å². The number of aromatic nitrogens is 3. The zero-order chi connectivity index (χ0) is 9.10. The van der Waals surface area contributed by atoms with Crippen LogP contribution in [-0.4, -0.2) is 34.5 Å². The maximum Gasteiger partial charge on any atom is 0.171 e. The van der Waals surface area contributed by atoms with Gasteiger partial charge in [-0.2, -0.15) is 0 Å². The summed E-state index contributed by atoms with van der Waals surface area (Å²) in [6, 6.07) is 0.245. The fourth-order valence-electron chi connectivity index (χ4n) is 1.46. The van der Waals surface area contributed by atoms with Crippen LogP contribution in [0.3, 0.4) is 0 Å². The standard InChI is InChI=1S/C8H11N3O2/c12-5-7-4-11(10-9-7)8-2-1-3-13-6-8/h4-5,8H,1-3,6H2. The first kappa shape index (κ1) is 8.37. The third-order valence-corrected chi connectivity index (χ3v) is 2.16. The largest absolute Gasteiger partial charge is 0.379 e. The second kappa shape index (κ2) is 3.66. The summed E-state index contributed by atoms with van der Waals surface area (Å²) in [6.07, 6.45) is 4.45. The normalized spacial score (nSPS) is 22.9. The van der Waals surface area contributed by atoms with Gasteiger partial charge in [-0.05, 0) is 12.8 Å². The lowest BCUT2D eigenvalue weighted by molar-refractivity contribution is 0.0542. The van der Waals surface area contributed by atoms with Crippen LogP contribution in [0, 0.1) is 0 Å². The Labute approximate surface area is 75.7 Å². The molecule has 2 rings (SSSR count). The second-order valence-electron chi connectivity index (χ2n) is 3.11. The van der Waals surface area contributed by atoms with Crippen molar-refractivity contribution in [3.8, 4) is 0 Å². The molecule has 1 aliphatic rings. The van der Waals surface area contributed by atoms with Crippen LogP contribution in [0.15, 0.2) is 6.20 Å². The molecule has 5 heteroatoms. The fraction of sp³-hybridized carbons (Fsp3) is 0.625. The molecule has 70 valence electrons. The highest BCUT2D eigenvalue weighted by Crippen LogP contribution is 2.17. The number of carbonyl (C=O) groups is 1. The number of aldehydes is 1. The molecule has 1 aromatic rings. The van der Waals surface area contributed by atoms with Gasteiger partial charge in [-0.1, -0.05) is 5.21 Å². The second-order valence-corrected chi connectivity index (χ2v) is 3.11. The Balaban J connectivity index is 2.09. The van der Waals surface area contributed by atoms with Crippen LogP contribution in [0.25, 0.3) is 0 Å². The molecule has 1 unspecified atom stereocenters. The Hall–Kier alpha value is -1.23. The first-order valence-electron chi connectivity index (χ1n) is 4.35. The van der Waals surface area contributed by atoms with Gasteiger partial charge in [0.2, 0.25) is 0 Å². The Morgan fingerprint density at radius 1 is 1.69 bits per heavy atom. The molecule has 1 aliphatic heterocycles. The van der Waals surface area contributed by atoms with E-state index in [4.69, 9.17) is 4.74 Å². The molecule has 5 nitrogen and oxygen atoms in total. The van der Waals surface area contributed by atoms with Crippen LogP contribution >= 0.6 is 0 Å². The highest BCUT2D eigenvalue weighted by Gasteiger charge is 2.16. The molecule has 0 radical (unpaired) electrons. The monoisotopic (exact) mass is 181 g/mol.